The number of carbonyl (C=O) groups is 2. The summed E-state index contributed by atoms with van der Waals surface area (Å²) in [6.07, 6.45) is 2.90. The SMILES string of the molecule is COC(=O)N1CCN(CCNC(=O)c2cccnc2)CC1. The molecule has 1 aliphatic heterocycles. The van der Waals surface area contributed by atoms with Crippen molar-refractivity contribution in [1.82, 2.24) is 20.1 Å². The predicted molar refractivity (Wildman–Crippen MR) is 77.0 cm³/mol. The number of pyridine rings is 1. The van der Waals surface area contributed by atoms with E-state index in [9.17, 15) is 9.59 Å². The Hall–Kier alpha value is -2.15. The summed E-state index contributed by atoms with van der Waals surface area (Å²) < 4.78 is 4.69. The Kier molecular flexibility index (Phi) is 5.51. The Bertz CT molecular complexity index is 472. The van der Waals surface area contributed by atoms with Crippen molar-refractivity contribution in [2.24, 2.45) is 0 Å². The van der Waals surface area contributed by atoms with Crippen LogP contribution in [-0.2, 0) is 4.74 Å². The molecule has 0 unspecified atom stereocenters. The highest BCUT2D eigenvalue weighted by atomic mass is 16.5. The molecule has 0 bridgehead atoms. The van der Waals surface area contributed by atoms with Crippen molar-refractivity contribution in [2.75, 3.05) is 46.4 Å². The van der Waals surface area contributed by atoms with Crippen molar-refractivity contribution in [3.8, 4) is 0 Å². The van der Waals surface area contributed by atoms with E-state index in [1.165, 1.54) is 7.11 Å². The second-order valence-corrected chi connectivity index (χ2v) is 4.80. The van der Waals surface area contributed by atoms with Crippen molar-refractivity contribution in [3.63, 3.8) is 0 Å². The topological polar surface area (TPSA) is 74.8 Å². The molecule has 2 rings (SSSR count). The summed E-state index contributed by atoms with van der Waals surface area (Å²) in [5, 5.41) is 2.87. The Morgan fingerprint density at radius 3 is 2.71 bits per heavy atom. The predicted octanol–water partition coefficient (Wildman–Crippen LogP) is 0.195. The molecule has 7 heteroatoms. The Morgan fingerprint density at radius 1 is 1.33 bits per heavy atom. The van der Waals surface area contributed by atoms with Gasteiger partial charge < -0.3 is 15.0 Å². The third kappa shape index (κ3) is 4.42. The Labute approximate surface area is 123 Å². The molecule has 0 aliphatic carbocycles. The van der Waals surface area contributed by atoms with E-state index in [1.54, 1.807) is 29.4 Å². The maximum Gasteiger partial charge on any atom is 0.409 e. The van der Waals surface area contributed by atoms with Crippen molar-refractivity contribution < 1.29 is 14.3 Å². The smallest absolute Gasteiger partial charge is 0.409 e. The first-order chi connectivity index (χ1) is 10.2. The van der Waals surface area contributed by atoms with Crippen LogP contribution in [0.5, 0.6) is 0 Å². The van der Waals surface area contributed by atoms with Gasteiger partial charge in [-0.25, -0.2) is 4.79 Å². The van der Waals surface area contributed by atoms with E-state index in [0.29, 0.717) is 25.2 Å². The number of ether oxygens (including phenoxy) is 1. The van der Waals surface area contributed by atoms with Crippen LogP contribution in [0.25, 0.3) is 0 Å². The van der Waals surface area contributed by atoms with Crippen LogP contribution >= 0.6 is 0 Å². The van der Waals surface area contributed by atoms with Crippen LogP contribution in [-0.4, -0.2) is 73.2 Å². The van der Waals surface area contributed by atoms with E-state index < -0.39 is 0 Å². The monoisotopic (exact) mass is 292 g/mol. The van der Waals surface area contributed by atoms with Gasteiger partial charge in [-0.05, 0) is 12.1 Å². The van der Waals surface area contributed by atoms with Crippen LogP contribution in [0.1, 0.15) is 10.4 Å². The van der Waals surface area contributed by atoms with Gasteiger partial charge in [0.15, 0.2) is 0 Å². The average molecular weight is 292 g/mol. The van der Waals surface area contributed by atoms with Gasteiger partial charge in [0.05, 0.1) is 12.7 Å². The fourth-order valence-corrected chi connectivity index (χ4v) is 2.21. The molecule has 0 aromatic carbocycles. The largest absolute Gasteiger partial charge is 0.453 e. The third-order valence-electron chi connectivity index (χ3n) is 3.44. The minimum absolute atomic E-state index is 0.115. The van der Waals surface area contributed by atoms with Crippen LogP contribution in [0.4, 0.5) is 4.79 Å². The van der Waals surface area contributed by atoms with Gasteiger partial charge in [-0.15, -0.1) is 0 Å². The zero-order valence-electron chi connectivity index (χ0n) is 12.1. The molecule has 0 spiro atoms. The lowest BCUT2D eigenvalue weighted by molar-refractivity contribution is 0.0885. The molecule has 2 amide bonds. The lowest BCUT2D eigenvalue weighted by Gasteiger charge is -2.33. The molecule has 1 aromatic heterocycles. The number of nitrogens with one attached hydrogen (secondary N) is 1. The van der Waals surface area contributed by atoms with E-state index >= 15 is 0 Å². The first kappa shape index (κ1) is 15.2. The lowest BCUT2D eigenvalue weighted by atomic mass is 10.2. The van der Waals surface area contributed by atoms with E-state index in [4.69, 9.17) is 4.74 Å². The van der Waals surface area contributed by atoms with E-state index in [1.807, 2.05) is 0 Å². The summed E-state index contributed by atoms with van der Waals surface area (Å²) in [5.74, 6) is -0.115. The van der Waals surface area contributed by atoms with Gasteiger partial charge in [0, 0.05) is 51.7 Å². The van der Waals surface area contributed by atoms with Crippen molar-refractivity contribution >= 4 is 12.0 Å². The normalized spacial score (nSPS) is 15.6. The number of hydrogen-bond acceptors (Lipinski definition) is 5. The van der Waals surface area contributed by atoms with E-state index in [2.05, 4.69) is 15.2 Å². The van der Waals surface area contributed by atoms with Crippen LogP contribution in [0.15, 0.2) is 24.5 Å². The molecule has 114 valence electrons. The molecule has 21 heavy (non-hydrogen) atoms. The molecule has 1 aromatic rings. The number of hydrogen-bond donors (Lipinski definition) is 1. The minimum Gasteiger partial charge on any atom is -0.453 e. The number of carbonyl (C=O) groups excluding carboxylic acids is 2. The molecular weight excluding hydrogens is 272 g/mol. The van der Waals surface area contributed by atoms with Gasteiger partial charge in [-0.3, -0.25) is 14.7 Å². The molecule has 0 radical (unpaired) electrons. The van der Waals surface area contributed by atoms with Crippen LogP contribution in [0.2, 0.25) is 0 Å². The molecular formula is C14H20N4O3. The van der Waals surface area contributed by atoms with Crippen LogP contribution in [0, 0.1) is 0 Å². The number of methoxy groups -OCH3 is 1. The third-order valence-corrected chi connectivity index (χ3v) is 3.44. The summed E-state index contributed by atoms with van der Waals surface area (Å²) >= 11 is 0. The molecule has 1 saturated heterocycles. The van der Waals surface area contributed by atoms with Gasteiger partial charge >= 0.3 is 6.09 Å². The highest BCUT2D eigenvalue weighted by Gasteiger charge is 2.21. The van der Waals surface area contributed by atoms with Gasteiger partial charge in [-0.2, -0.15) is 0 Å². The van der Waals surface area contributed by atoms with E-state index in [0.717, 1.165) is 19.6 Å². The van der Waals surface area contributed by atoms with Crippen LogP contribution < -0.4 is 5.32 Å². The lowest BCUT2D eigenvalue weighted by Crippen LogP contribution is -2.50. The average Bonchev–Trinajstić information content (AvgIpc) is 2.55. The fourth-order valence-electron chi connectivity index (χ4n) is 2.21. The zero-order chi connectivity index (χ0) is 15.1. The summed E-state index contributed by atoms with van der Waals surface area (Å²) in [7, 11) is 1.39. The van der Waals surface area contributed by atoms with Gasteiger partial charge in [0.25, 0.3) is 5.91 Å². The van der Waals surface area contributed by atoms with Crippen molar-refractivity contribution in [3.05, 3.63) is 30.1 Å². The number of nitrogens with zero attached hydrogens (tertiary/aromatic N) is 3. The first-order valence-corrected chi connectivity index (χ1v) is 6.94. The van der Waals surface area contributed by atoms with Crippen LogP contribution in [0.3, 0.4) is 0 Å². The van der Waals surface area contributed by atoms with Gasteiger partial charge in [0.2, 0.25) is 0 Å². The Morgan fingerprint density at radius 2 is 2.10 bits per heavy atom. The number of amides is 2. The summed E-state index contributed by atoms with van der Waals surface area (Å²) in [6, 6.07) is 3.47. The summed E-state index contributed by atoms with van der Waals surface area (Å²) in [6.45, 7) is 4.23. The number of rotatable bonds is 4. The molecule has 1 N–H and O–H groups in total. The summed E-state index contributed by atoms with van der Waals surface area (Å²) in [5.41, 5.74) is 0.563. The standard InChI is InChI=1S/C14H20N4O3/c1-21-14(20)18-9-7-17(8-10-18)6-5-16-13(19)12-3-2-4-15-11-12/h2-4,11H,5-10H2,1H3,(H,16,19). The molecule has 1 fully saturated rings. The maximum atomic E-state index is 11.8. The molecule has 2 heterocycles. The molecule has 7 nitrogen and oxygen atoms in total. The highest BCUT2D eigenvalue weighted by molar-refractivity contribution is 5.93. The first-order valence-electron chi connectivity index (χ1n) is 6.94. The zero-order valence-corrected chi connectivity index (χ0v) is 12.1. The number of piperazine rings is 1. The molecule has 0 atom stereocenters. The van der Waals surface area contributed by atoms with Gasteiger partial charge in [-0.1, -0.05) is 0 Å². The molecule has 0 saturated carbocycles. The van der Waals surface area contributed by atoms with E-state index in [-0.39, 0.29) is 12.0 Å². The van der Waals surface area contributed by atoms with Crippen molar-refractivity contribution in [1.29, 1.82) is 0 Å². The van der Waals surface area contributed by atoms with Crippen molar-refractivity contribution in [2.45, 2.75) is 0 Å². The Balaban J connectivity index is 1.66. The summed E-state index contributed by atoms with van der Waals surface area (Å²) in [4.78, 5) is 31.0. The minimum atomic E-state index is -0.278. The van der Waals surface area contributed by atoms with Gasteiger partial charge in [0.1, 0.15) is 0 Å². The quantitative estimate of drug-likeness (QED) is 0.858. The maximum absolute atomic E-state index is 11.8. The fraction of sp³-hybridized carbons (Fsp3) is 0.500. The second-order valence-electron chi connectivity index (χ2n) is 4.80. The highest BCUT2D eigenvalue weighted by Crippen LogP contribution is 2.02. The second kappa shape index (κ2) is 7.58. The number of aromatic nitrogens is 1. The molecule has 1 aliphatic rings.